The molecule has 0 spiro atoms. The van der Waals surface area contributed by atoms with Crippen LogP contribution in [-0.2, 0) is 12.0 Å². The number of halogens is 2. The molecule has 0 aliphatic rings. The second-order valence-corrected chi connectivity index (χ2v) is 6.70. The number of urea groups is 1. The van der Waals surface area contributed by atoms with Crippen LogP contribution < -0.4 is 10.6 Å². The Morgan fingerprint density at radius 3 is 2.43 bits per heavy atom. The Kier molecular flexibility index (Phi) is 5.91. The summed E-state index contributed by atoms with van der Waals surface area (Å²) in [6.45, 7) is 4.44. The van der Waals surface area contributed by atoms with E-state index in [9.17, 15) is 4.79 Å². The largest absolute Gasteiger partial charge is 0.338 e. The van der Waals surface area contributed by atoms with Gasteiger partial charge in [-0.05, 0) is 43.5 Å². The van der Waals surface area contributed by atoms with E-state index in [-0.39, 0.29) is 6.03 Å². The van der Waals surface area contributed by atoms with E-state index < -0.39 is 5.54 Å². The van der Waals surface area contributed by atoms with Crippen LogP contribution in [0.25, 0.3) is 0 Å². The van der Waals surface area contributed by atoms with Crippen molar-refractivity contribution in [2.75, 3.05) is 6.54 Å². The van der Waals surface area contributed by atoms with Crippen LogP contribution in [0, 0.1) is 0 Å². The first-order valence-corrected chi connectivity index (χ1v) is 8.19. The van der Waals surface area contributed by atoms with Gasteiger partial charge in [0.2, 0.25) is 0 Å². The highest BCUT2D eigenvalue weighted by Crippen LogP contribution is 2.21. The molecule has 2 aromatic rings. The molecule has 2 N–H and O–H groups in total. The lowest BCUT2D eigenvalue weighted by Crippen LogP contribution is -2.46. The Morgan fingerprint density at radius 1 is 1.09 bits per heavy atom. The Bertz CT molecular complexity index is 672. The molecule has 0 atom stereocenters. The van der Waals surface area contributed by atoms with E-state index in [0.29, 0.717) is 23.0 Å². The normalized spacial score (nSPS) is 11.1. The molecule has 0 saturated heterocycles. The molecule has 0 heterocycles. The summed E-state index contributed by atoms with van der Waals surface area (Å²) in [5, 5.41) is 7.06. The van der Waals surface area contributed by atoms with Crippen molar-refractivity contribution in [2.45, 2.75) is 25.8 Å². The molecule has 0 aromatic heterocycles. The van der Waals surface area contributed by atoms with Crippen LogP contribution in [0.1, 0.15) is 25.0 Å². The highest BCUT2D eigenvalue weighted by Gasteiger charge is 2.22. The van der Waals surface area contributed by atoms with Crippen LogP contribution >= 0.6 is 23.2 Å². The van der Waals surface area contributed by atoms with Gasteiger partial charge < -0.3 is 10.6 Å². The molecule has 0 unspecified atom stereocenters. The third kappa shape index (κ3) is 5.15. The predicted molar refractivity (Wildman–Crippen MR) is 96.2 cm³/mol. The summed E-state index contributed by atoms with van der Waals surface area (Å²) in [4.78, 5) is 12.1. The summed E-state index contributed by atoms with van der Waals surface area (Å²) in [6.07, 6.45) is 0.648. The van der Waals surface area contributed by atoms with Gasteiger partial charge in [-0.3, -0.25) is 0 Å². The summed E-state index contributed by atoms with van der Waals surface area (Å²) in [7, 11) is 0. The number of benzene rings is 2. The van der Waals surface area contributed by atoms with Gasteiger partial charge in [-0.2, -0.15) is 0 Å². The molecule has 0 saturated carbocycles. The third-order valence-electron chi connectivity index (χ3n) is 3.62. The van der Waals surface area contributed by atoms with E-state index in [0.717, 1.165) is 11.1 Å². The smallest absolute Gasteiger partial charge is 0.315 e. The van der Waals surface area contributed by atoms with Crippen molar-refractivity contribution in [3.05, 3.63) is 69.7 Å². The number of amides is 2. The second-order valence-electron chi connectivity index (χ2n) is 5.86. The molecule has 0 bridgehead atoms. The van der Waals surface area contributed by atoms with E-state index in [4.69, 9.17) is 23.2 Å². The minimum atomic E-state index is -0.441. The quantitative estimate of drug-likeness (QED) is 0.800. The van der Waals surface area contributed by atoms with E-state index in [1.165, 1.54) is 0 Å². The van der Waals surface area contributed by atoms with Crippen LogP contribution in [0.5, 0.6) is 0 Å². The molecule has 0 fully saturated rings. The summed E-state index contributed by atoms with van der Waals surface area (Å²) >= 11 is 12.0. The lowest BCUT2D eigenvalue weighted by Gasteiger charge is -2.27. The maximum absolute atomic E-state index is 12.1. The zero-order valence-electron chi connectivity index (χ0n) is 13.2. The van der Waals surface area contributed by atoms with Crippen molar-refractivity contribution in [2.24, 2.45) is 0 Å². The molecule has 2 aromatic carbocycles. The average Bonchev–Trinajstić information content (AvgIpc) is 2.50. The Hall–Kier alpha value is -1.71. The number of hydrogen-bond donors (Lipinski definition) is 2. The fourth-order valence-electron chi connectivity index (χ4n) is 2.29. The van der Waals surface area contributed by atoms with Gasteiger partial charge in [0, 0.05) is 16.6 Å². The van der Waals surface area contributed by atoms with Crippen LogP contribution in [0.3, 0.4) is 0 Å². The van der Waals surface area contributed by atoms with Crippen molar-refractivity contribution in [3.8, 4) is 0 Å². The van der Waals surface area contributed by atoms with Gasteiger partial charge in [0.05, 0.1) is 5.54 Å². The molecular formula is C18H20Cl2N2O. The lowest BCUT2D eigenvalue weighted by molar-refractivity contribution is 0.230. The van der Waals surface area contributed by atoms with Crippen molar-refractivity contribution < 1.29 is 4.79 Å². The summed E-state index contributed by atoms with van der Waals surface area (Å²) in [6, 6.07) is 15.0. The van der Waals surface area contributed by atoms with Gasteiger partial charge in [0.1, 0.15) is 0 Å². The Balaban J connectivity index is 1.85. The lowest BCUT2D eigenvalue weighted by atomic mass is 9.95. The minimum Gasteiger partial charge on any atom is -0.338 e. The summed E-state index contributed by atoms with van der Waals surface area (Å²) in [5.74, 6) is 0. The highest BCUT2D eigenvalue weighted by atomic mass is 35.5. The van der Waals surface area contributed by atoms with Gasteiger partial charge in [-0.1, -0.05) is 59.6 Å². The molecular weight excluding hydrogens is 331 g/mol. The van der Waals surface area contributed by atoms with Crippen LogP contribution in [0.4, 0.5) is 4.79 Å². The van der Waals surface area contributed by atoms with Crippen molar-refractivity contribution in [1.29, 1.82) is 0 Å². The Morgan fingerprint density at radius 2 is 1.78 bits per heavy atom. The molecule has 2 amide bonds. The molecule has 23 heavy (non-hydrogen) atoms. The molecule has 5 heteroatoms. The molecule has 122 valence electrons. The van der Waals surface area contributed by atoms with Crippen molar-refractivity contribution in [1.82, 2.24) is 10.6 Å². The summed E-state index contributed by atoms with van der Waals surface area (Å²) in [5.41, 5.74) is 1.57. The van der Waals surface area contributed by atoms with E-state index in [1.54, 1.807) is 12.1 Å². The van der Waals surface area contributed by atoms with Crippen molar-refractivity contribution in [3.63, 3.8) is 0 Å². The zero-order chi connectivity index (χ0) is 16.9. The number of rotatable bonds is 5. The topological polar surface area (TPSA) is 41.1 Å². The first-order chi connectivity index (χ1) is 10.9. The van der Waals surface area contributed by atoms with E-state index >= 15 is 0 Å². The summed E-state index contributed by atoms with van der Waals surface area (Å²) < 4.78 is 0. The number of carbonyl (C=O) groups excluding carboxylic acids is 1. The van der Waals surface area contributed by atoms with Crippen LogP contribution in [0.2, 0.25) is 10.0 Å². The Labute approximate surface area is 147 Å². The van der Waals surface area contributed by atoms with E-state index in [1.807, 2.05) is 50.2 Å². The van der Waals surface area contributed by atoms with Gasteiger partial charge in [0.15, 0.2) is 0 Å². The van der Waals surface area contributed by atoms with Crippen LogP contribution in [0.15, 0.2) is 48.5 Å². The minimum absolute atomic E-state index is 0.205. The molecule has 2 rings (SSSR count). The molecule has 0 aliphatic carbocycles. The maximum Gasteiger partial charge on any atom is 0.315 e. The molecule has 0 aliphatic heterocycles. The number of carbonyl (C=O) groups is 1. The zero-order valence-corrected chi connectivity index (χ0v) is 14.7. The fraction of sp³-hybridized carbons (Fsp3) is 0.278. The van der Waals surface area contributed by atoms with Gasteiger partial charge >= 0.3 is 6.03 Å². The highest BCUT2D eigenvalue weighted by molar-refractivity contribution is 6.35. The van der Waals surface area contributed by atoms with Crippen molar-refractivity contribution >= 4 is 29.2 Å². The molecule has 0 radical (unpaired) electrons. The second kappa shape index (κ2) is 7.71. The number of nitrogens with one attached hydrogen (secondary N) is 2. The third-order valence-corrected chi connectivity index (χ3v) is 4.20. The van der Waals surface area contributed by atoms with Crippen LogP contribution in [-0.4, -0.2) is 12.6 Å². The van der Waals surface area contributed by atoms with E-state index in [2.05, 4.69) is 10.6 Å². The predicted octanol–water partition coefficient (Wildman–Crippen LogP) is 4.77. The molecule has 3 nitrogen and oxygen atoms in total. The van der Waals surface area contributed by atoms with Gasteiger partial charge in [-0.25, -0.2) is 4.79 Å². The first kappa shape index (κ1) is 17.6. The average molecular weight is 351 g/mol. The first-order valence-electron chi connectivity index (χ1n) is 7.44. The standard InChI is InChI=1S/C18H20Cl2N2O/c1-18(2,14-6-4-3-5-7-14)22-17(23)21-11-10-13-8-9-15(19)12-16(13)20/h3-9,12H,10-11H2,1-2H3,(H2,21,22,23). The van der Waals surface area contributed by atoms with Gasteiger partial charge in [-0.15, -0.1) is 0 Å². The number of hydrogen-bond acceptors (Lipinski definition) is 1. The maximum atomic E-state index is 12.1. The van der Waals surface area contributed by atoms with Gasteiger partial charge in [0.25, 0.3) is 0 Å². The SMILES string of the molecule is CC(C)(NC(=O)NCCc1ccc(Cl)cc1Cl)c1ccccc1. The monoisotopic (exact) mass is 350 g/mol. The fourth-order valence-corrected chi connectivity index (χ4v) is 2.79.